The van der Waals surface area contributed by atoms with Gasteiger partial charge in [0, 0.05) is 54.4 Å². The van der Waals surface area contributed by atoms with Crippen LogP contribution in [0.25, 0.3) is 10.9 Å². The van der Waals surface area contributed by atoms with Gasteiger partial charge < -0.3 is 31.7 Å². The van der Waals surface area contributed by atoms with Crippen molar-refractivity contribution in [1.29, 1.82) is 0 Å². The van der Waals surface area contributed by atoms with Crippen LogP contribution in [0.15, 0.2) is 52.4 Å². The van der Waals surface area contributed by atoms with E-state index < -0.39 is 27.5 Å². The van der Waals surface area contributed by atoms with Crippen molar-refractivity contribution >= 4 is 61.9 Å². The van der Waals surface area contributed by atoms with E-state index in [0.29, 0.717) is 30.7 Å². The summed E-state index contributed by atoms with van der Waals surface area (Å²) in [4.78, 5) is 37.6. The van der Waals surface area contributed by atoms with E-state index in [1.165, 1.54) is 30.9 Å². The molecule has 0 spiro atoms. The van der Waals surface area contributed by atoms with Gasteiger partial charge in [-0.3, -0.25) is 14.6 Å². The number of rotatable bonds is 12. The van der Waals surface area contributed by atoms with E-state index in [9.17, 15) is 18.0 Å². The number of amides is 2. The fourth-order valence-electron chi connectivity index (χ4n) is 5.24. The average molecular weight is 708 g/mol. The van der Waals surface area contributed by atoms with Gasteiger partial charge in [0.2, 0.25) is 21.8 Å². The molecule has 0 unspecified atom stereocenters. The van der Waals surface area contributed by atoms with Gasteiger partial charge in [-0.1, -0.05) is 41.4 Å². The molecule has 0 aliphatic carbocycles. The van der Waals surface area contributed by atoms with Crippen molar-refractivity contribution in [1.82, 2.24) is 19.5 Å². The van der Waals surface area contributed by atoms with Crippen molar-refractivity contribution in [3.8, 4) is 5.75 Å². The zero-order chi connectivity index (χ0) is 34.5. The number of carbonyl (C=O) groups excluding carboxylic acids is 2. The van der Waals surface area contributed by atoms with Gasteiger partial charge in [0.25, 0.3) is 0 Å². The van der Waals surface area contributed by atoms with Crippen LogP contribution in [-0.2, 0) is 26.2 Å². The number of sulfonamides is 1. The van der Waals surface area contributed by atoms with Crippen LogP contribution in [0.2, 0.25) is 10.0 Å². The molecule has 4 rings (SSSR count). The Bertz CT molecular complexity index is 1770. The second-order valence-corrected chi connectivity index (χ2v) is 14.2. The van der Waals surface area contributed by atoms with Crippen molar-refractivity contribution < 1.29 is 22.7 Å². The van der Waals surface area contributed by atoms with Crippen LogP contribution in [0.3, 0.4) is 0 Å². The number of aromatic nitrogens is 1. The number of carbonyl (C=O) groups is 2. The van der Waals surface area contributed by atoms with Gasteiger partial charge in [-0.15, -0.1) is 0 Å². The highest BCUT2D eigenvalue weighted by atomic mass is 35.5. The molecule has 1 aromatic heterocycles. The number of benzene rings is 2. The molecule has 0 bridgehead atoms. The number of halogens is 2. The van der Waals surface area contributed by atoms with Gasteiger partial charge in [0.05, 0.1) is 11.1 Å². The number of para-hydroxylation sites is 1. The molecule has 1 aliphatic heterocycles. The van der Waals surface area contributed by atoms with Gasteiger partial charge in [-0.05, 0) is 57.9 Å². The number of nitrogens with zero attached hydrogens (tertiary/aromatic N) is 4. The smallest absolute Gasteiger partial charge is 0.243 e. The average Bonchev–Trinajstić information content (AvgIpc) is 3.01. The molecule has 16 heteroatoms. The zero-order valence-corrected chi connectivity index (χ0v) is 28.8. The molecule has 13 nitrogen and oxygen atoms in total. The first-order chi connectivity index (χ1) is 22.1. The third-order valence-corrected chi connectivity index (χ3v) is 10.3. The molecule has 2 aromatic carbocycles. The van der Waals surface area contributed by atoms with Crippen LogP contribution in [-0.4, -0.2) is 85.3 Å². The predicted octanol–water partition coefficient (Wildman–Crippen LogP) is 2.54. The normalized spacial score (nSPS) is 14.6. The lowest BCUT2D eigenvalue weighted by atomic mass is 10.0. The molecule has 0 radical (unpaired) electrons. The van der Waals surface area contributed by atoms with Gasteiger partial charge in [-0.25, -0.2) is 13.4 Å². The summed E-state index contributed by atoms with van der Waals surface area (Å²) in [7, 11) is -4.31. The van der Waals surface area contributed by atoms with Gasteiger partial charge in [-0.2, -0.15) is 4.72 Å². The predicted molar refractivity (Wildman–Crippen MR) is 183 cm³/mol. The molecule has 1 aliphatic rings. The number of nitrogens with one attached hydrogen (secondary N) is 1. The summed E-state index contributed by atoms with van der Waals surface area (Å²) < 4.78 is 35.8. The van der Waals surface area contributed by atoms with Crippen LogP contribution in [0, 0.1) is 6.92 Å². The molecule has 1 saturated heterocycles. The van der Waals surface area contributed by atoms with Gasteiger partial charge in [0.15, 0.2) is 5.96 Å². The number of fused-ring (bicyclic) bond motifs is 1. The van der Waals surface area contributed by atoms with E-state index in [4.69, 9.17) is 45.1 Å². The highest BCUT2D eigenvalue weighted by Gasteiger charge is 2.39. The second kappa shape index (κ2) is 15.0. The maximum Gasteiger partial charge on any atom is 0.243 e. The van der Waals surface area contributed by atoms with E-state index in [-0.39, 0.29) is 65.2 Å². The fraction of sp³-hybridized carbons (Fsp3) is 0.419. The van der Waals surface area contributed by atoms with Crippen LogP contribution in [0.4, 0.5) is 0 Å². The molecule has 3 aromatic rings. The van der Waals surface area contributed by atoms with Crippen LogP contribution in [0.5, 0.6) is 5.75 Å². The lowest BCUT2D eigenvalue weighted by Crippen LogP contribution is -2.61. The van der Waals surface area contributed by atoms with Crippen molar-refractivity contribution in [3.63, 3.8) is 0 Å². The number of nitrogens with two attached hydrogens (primary N) is 3. The summed E-state index contributed by atoms with van der Waals surface area (Å²) in [6.45, 7) is 6.00. The third-order valence-electron chi connectivity index (χ3n) is 7.72. The van der Waals surface area contributed by atoms with Gasteiger partial charge >= 0.3 is 0 Å². The first-order valence-electron chi connectivity index (χ1n) is 15.0. The van der Waals surface area contributed by atoms with E-state index in [2.05, 4.69) is 14.7 Å². The monoisotopic (exact) mass is 706 g/mol. The molecule has 2 amide bonds. The Morgan fingerprint density at radius 3 is 2.43 bits per heavy atom. The summed E-state index contributed by atoms with van der Waals surface area (Å²) in [5, 5.41) is 0.972. The Kier molecular flexibility index (Phi) is 11.6. The Morgan fingerprint density at radius 2 is 1.74 bits per heavy atom. The first-order valence-corrected chi connectivity index (χ1v) is 17.2. The summed E-state index contributed by atoms with van der Waals surface area (Å²) in [5.74, 6) is -0.219. The maximum absolute atomic E-state index is 13.6. The Hall–Kier alpha value is -3.69. The topological polar surface area (TPSA) is 199 Å². The summed E-state index contributed by atoms with van der Waals surface area (Å²) in [6.07, 6.45) is 0.954. The van der Waals surface area contributed by atoms with Gasteiger partial charge in [0.1, 0.15) is 28.3 Å². The number of pyridine rings is 1. The maximum atomic E-state index is 13.6. The lowest BCUT2D eigenvalue weighted by Gasteiger charge is -2.39. The molecule has 1 fully saturated rings. The molecule has 7 N–H and O–H groups in total. The van der Waals surface area contributed by atoms with Crippen molar-refractivity contribution in [2.75, 3.05) is 32.7 Å². The summed E-state index contributed by atoms with van der Waals surface area (Å²) in [5.41, 5.74) is 16.9. The lowest BCUT2D eigenvalue weighted by molar-refractivity contribution is -0.143. The van der Waals surface area contributed by atoms with Crippen molar-refractivity contribution in [2.24, 2.45) is 22.2 Å². The van der Waals surface area contributed by atoms with Crippen LogP contribution >= 0.6 is 23.2 Å². The summed E-state index contributed by atoms with van der Waals surface area (Å²) >= 11 is 13.1. The largest absolute Gasteiger partial charge is 0.487 e. The molecule has 1 atom stereocenters. The zero-order valence-electron chi connectivity index (χ0n) is 26.5. The molecule has 254 valence electrons. The molecular weight excluding hydrogens is 667 g/mol. The van der Waals surface area contributed by atoms with E-state index >= 15 is 0 Å². The quantitative estimate of drug-likeness (QED) is 0.124. The molecular formula is C31H40Cl2N8O5S. The number of aryl methyl sites for hydroxylation is 1. The molecule has 0 saturated carbocycles. The van der Waals surface area contributed by atoms with Crippen LogP contribution in [0.1, 0.15) is 37.9 Å². The first kappa shape index (κ1) is 36.2. The second-order valence-electron chi connectivity index (χ2n) is 11.8. The minimum Gasteiger partial charge on any atom is -0.487 e. The Morgan fingerprint density at radius 1 is 1.06 bits per heavy atom. The number of ether oxygens (including phenoxy) is 1. The number of aliphatic imine (C=N–C) groups is 1. The van der Waals surface area contributed by atoms with E-state index in [0.717, 1.165) is 11.1 Å². The minimum absolute atomic E-state index is 0.0210. The Labute approximate surface area is 284 Å². The number of guanidine groups is 1. The number of piperazine rings is 1. The SMILES string of the molecule is Cc1ccc2cccc(OCc3c(Cl)ccc(S(=O)(=O)NC(C)(C)C(=O)N4CCN(C(=O)[C@@H](N)CCCN=C(N)N)CC4)c3Cl)c2n1. The standard InChI is InChI=1S/C31H40Cl2N8O5S/c1-19-9-10-20-6-4-8-24(27(20)38-19)46-18-21-22(32)11-12-25(26(21)33)47(44,45)39-31(2,3)29(43)41-16-14-40(15-17-41)28(42)23(34)7-5-13-37-30(35)36/h4,6,8-12,23,39H,5,7,13-18,34H2,1-3H3,(H4,35,36,37)/t23-/m0/s1. The molecule has 47 heavy (non-hydrogen) atoms. The van der Waals surface area contributed by atoms with E-state index in [1.807, 2.05) is 31.2 Å². The number of hydrogen-bond acceptors (Lipinski definition) is 8. The van der Waals surface area contributed by atoms with Crippen molar-refractivity contribution in [2.45, 2.75) is 56.7 Å². The third kappa shape index (κ3) is 8.82. The number of hydrogen-bond donors (Lipinski definition) is 4. The summed E-state index contributed by atoms with van der Waals surface area (Å²) in [6, 6.07) is 11.3. The molecule has 2 heterocycles. The Balaban J connectivity index is 1.40. The fourth-order valence-corrected chi connectivity index (χ4v) is 7.50. The highest BCUT2D eigenvalue weighted by molar-refractivity contribution is 7.89. The van der Waals surface area contributed by atoms with E-state index in [1.54, 1.807) is 11.0 Å². The van der Waals surface area contributed by atoms with Crippen LogP contribution < -0.4 is 26.7 Å². The van der Waals surface area contributed by atoms with Crippen molar-refractivity contribution in [3.05, 3.63) is 63.8 Å². The highest BCUT2D eigenvalue weighted by Crippen LogP contribution is 2.34. The minimum atomic E-state index is -4.31.